The van der Waals surface area contributed by atoms with Gasteiger partial charge in [-0.25, -0.2) is 14.6 Å². The summed E-state index contributed by atoms with van der Waals surface area (Å²) in [6, 6.07) is 6.97. The third kappa shape index (κ3) is 10.2. The van der Waals surface area contributed by atoms with Crippen LogP contribution in [0.3, 0.4) is 0 Å². The van der Waals surface area contributed by atoms with E-state index in [2.05, 4.69) is 27.9 Å². The number of benzene rings is 1. The topological polar surface area (TPSA) is 182 Å². The SMILES string of the molecule is CCCCCCNC(=O)c1sc(NC(C)=O)nc1CCc1ccc(NC(NC(=O)O)NC(=O)O)cc1. The van der Waals surface area contributed by atoms with Gasteiger partial charge in [0.15, 0.2) is 11.4 Å². The zero-order chi connectivity index (χ0) is 26.5. The Labute approximate surface area is 212 Å². The predicted octanol–water partition coefficient (Wildman–Crippen LogP) is 3.43. The monoisotopic (exact) mass is 520 g/mol. The lowest BCUT2D eigenvalue weighted by molar-refractivity contribution is -0.114. The van der Waals surface area contributed by atoms with Gasteiger partial charge < -0.3 is 26.2 Å². The van der Waals surface area contributed by atoms with Gasteiger partial charge in [0.25, 0.3) is 5.91 Å². The molecule has 0 bridgehead atoms. The molecule has 0 spiro atoms. The van der Waals surface area contributed by atoms with Gasteiger partial charge in [-0.05, 0) is 37.0 Å². The second kappa shape index (κ2) is 14.5. The van der Waals surface area contributed by atoms with Gasteiger partial charge >= 0.3 is 12.2 Å². The number of anilines is 2. The van der Waals surface area contributed by atoms with Gasteiger partial charge in [-0.3, -0.25) is 20.2 Å². The minimum Gasteiger partial charge on any atom is -0.465 e. The van der Waals surface area contributed by atoms with Crippen LogP contribution >= 0.6 is 11.3 Å². The highest BCUT2D eigenvalue weighted by atomic mass is 32.1. The number of hydrogen-bond acceptors (Lipinski definition) is 7. The number of rotatable bonds is 14. The van der Waals surface area contributed by atoms with E-state index in [-0.39, 0.29) is 11.8 Å². The van der Waals surface area contributed by atoms with Gasteiger partial charge in [-0.1, -0.05) is 49.7 Å². The second-order valence-corrected chi connectivity index (χ2v) is 8.96. The zero-order valence-corrected chi connectivity index (χ0v) is 21.0. The van der Waals surface area contributed by atoms with Crippen LogP contribution < -0.4 is 26.6 Å². The molecule has 1 aromatic heterocycles. The molecule has 0 aliphatic rings. The summed E-state index contributed by atoms with van der Waals surface area (Å²) in [5.41, 5.74) is 2.01. The maximum absolute atomic E-state index is 12.8. The van der Waals surface area contributed by atoms with Gasteiger partial charge in [0.05, 0.1) is 5.69 Å². The van der Waals surface area contributed by atoms with E-state index in [1.807, 2.05) is 10.6 Å². The van der Waals surface area contributed by atoms with E-state index in [1.165, 1.54) is 6.92 Å². The standard InChI is InChI=1S/C23H32N6O6S/c1-3-4-5-6-13-24-19(31)18-17(27-21(36-18)25-14(2)30)12-9-15-7-10-16(11-8-15)26-20(28-22(32)33)29-23(34)35/h7-8,10-11,20,26,28-29H,3-6,9,12-13H2,1-2H3,(H,24,31)(H,32,33)(H,34,35)(H,25,27,30). The first-order valence-corrected chi connectivity index (χ1v) is 12.4. The predicted molar refractivity (Wildman–Crippen MR) is 136 cm³/mol. The molecule has 2 aromatic rings. The fraction of sp³-hybridized carbons (Fsp3) is 0.435. The van der Waals surface area contributed by atoms with E-state index in [0.29, 0.717) is 40.8 Å². The summed E-state index contributed by atoms with van der Waals surface area (Å²) in [7, 11) is 0. The minimum atomic E-state index is -1.39. The Bertz CT molecular complexity index is 1030. The third-order valence-corrected chi connectivity index (χ3v) is 5.97. The van der Waals surface area contributed by atoms with E-state index in [4.69, 9.17) is 10.2 Å². The van der Waals surface area contributed by atoms with Crippen LogP contribution in [0, 0.1) is 0 Å². The Balaban J connectivity index is 2.03. The lowest BCUT2D eigenvalue weighted by Gasteiger charge is -2.19. The number of carbonyl (C=O) groups is 4. The van der Waals surface area contributed by atoms with Crippen LogP contribution in [0.25, 0.3) is 0 Å². The number of hydrogen-bond donors (Lipinski definition) is 7. The maximum Gasteiger partial charge on any atom is 0.407 e. The molecule has 0 fully saturated rings. The Morgan fingerprint density at radius 2 is 1.64 bits per heavy atom. The molecule has 1 heterocycles. The Kier molecular flexibility index (Phi) is 11.4. The zero-order valence-electron chi connectivity index (χ0n) is 20.2. The highest BCUT2D eigenvalue weighted by Crippen LogP contribution is 2.25. The van der Waals surface area contributed by atoms with Crippen molar-refractivity contribution in [2.24, 2.45) is 0 Å². The van der Waals surface area contributed by atoms with Gasteiger partial charge in [-0.2, -0.15) is 0 Å². The first-order valence-electron chi connectivity index (χ1n) is 11.6. The average molecular weight is 521 g/mol. The second-order valence-electron chi connectivity index (χ2n) is 7.97. The Hall–Kier alpha value is -3.87. The van der Waals surface area contributed by atoms with Crippen molar-refractivity contribution < 1.29 is 29.4 Å². The number of aromatic nitrogens is 1. The normalized spacial score (nSPS) is 10.5. The van der Waals surface area contributed by atoms with Crippen molar-refractivity contribution in [3.05, 3.63) is 40.4 Å². The molecule has 2 rings (SSSR count). The van der Waals surface area contributed by atoms with Crippen LogP contribution in [0.15, 0.2) is 24.3 Å². The lowest BCUT2D eigenvalue weighted by Crippen LogP contribution is -2.52. The molecule has 13 heteroatoms. The summed E-state index contributed by atoms with van der Waals surface area (Å²) in [5.74, 6) is -0.476. The molecule has 0 aliphatic carbocycles. The van der Waals surface area contributed by atoms with Crippen molar-refractivity contribution in [2.75, 3.05) is 17.2 Å². The van der Waals surface area contributed by atoms with Crippen molar-refractivity contribution in [3.63, 3.8) is 0 Å². The van der Waals surface area contributed by atoms with E-state index in [0.717, 1.165) is 42.6 Å². The molecule has 1 aromatic carbocycles. The molecular formula is C23H32N6O6S. The summed E-state index contributed by atoms with van der Waals surface area (Å²) < 4.78 is 0. The van der Waals surface area contributed by atoms with Crippen LogP contribution in [0.1, 0.15) is 60.5 Å². The van der Waals surface area contributed by atoms with Crippen molar-refractivity contribution in [1.29, 1.82) is 0 Å². The molecule has 0 radical (unpaired) electrons. The molecule has 7 N–H and O–H groups in total. The Morgan fingerprint density at radius 3 is 2.22 bits per heavy atom. The highest BCUT2D eigenvalue weighted by molar-refractivity contribution is 7.17. The summed E-state index contributed by atoms with van der Waals surface area (Å²) in [6.45, 7) is 4.08. The summed E-state index contributed by atoms with van der Waals surface area (Å²) in [4.78, 5) is 50.8. The van der Waals surface area contributed by atoms with Gasteiger partial charge in [0, 0.05) is 19.2 Å². The lowest BCUT2D eigenvalue weighted by atomic mass is 10.1. The van der Waals surface area contributed by atoms with Crippen LogP contribution in [-0.2, 0) is 17.6 Å². The van der Waals surface area contributed by atoms with Gasteiger partial charge in [-0.15, -0.1) is 0 Å². The first kappa shape index (κ1) is 28.4. The molecule has 0 unspecified atom stereocenters. The number of carbonyl (C=O) groups excluding carboxylic acids is 2. The van der Waals surface area contributed by atoms with Crippen molar-refractivity contribution in [3.8, 4) is 0 Å². The number of amides is 4. The van der Waals surface area contributed by atoms with E-state index >= 15 is 0 Å². The first-order chi connectivity index (χ1) is 17.2. The highest BCUT2D eigenvalue weighted by Gasteiger charge is 2.19. The van der Waals surface area contributed by atoms with Crippen LogP contribution in [0.5, 0.6) is 0 Å². The summed E-state index contributed by atoms with van der Waals surface area (Å²) in [5, 5.41) is 30.4. The molecule has 0 saturated heterocycles. The summed E-state index contributed by atoms with van der Waals surface area (Å²) >= 11 is 1.14. The molecule has 0 saturated carbocycles. The van der Waals surface area contributed by atoms with Gasteiger partial charge in [0.2, 0.25) is 5.91 Å². The molecule has 36 heavy (non-hydrogen) atoms. The maximum atomic E-state index is 12.8. The van der Waals surface area contributed by atoms with Crippen molar-refractivity contribution in [2.45, 2.75) is 58.7 Å². The number of nitrogens with one attached hydrogen (secondary N) is 5. The van der Waals surface area contributed by atoms with Crippen LogP contribution in [0.2, 0.25) is 0 Å². The quantitative estimate of drug-likeness (QED) is 0.146. The molecule has 0 aliphatic heterocycles. The fourth-order valence-corrected chi connectivity index (χ4v) is 4.26. The van der Waals surface area contributed by atoms with Crippen LogP contribution in [-0.4, -0.2) is 52.0 Å². The van der Waals surface area contributed by atoms with Crippen LogP contribution in [0.4, 0.5) is 20.4 Å². The number of aryl methyl sites for hydroxylation is 2. The molecular weight excluding hydrogens is 488 g/mol. The molecule has 196 valence electrons. The average Bonchev–Trinajstić information content (AvgIpc) is 3.19. The number of unbranched alkanes of at least 4 members (excludes halogenated alkanes) is 3. The number of thiazole rings is 1. The van der Waals surface area contributed by atoms with Crippen molar-refractivity contribution >= 4 is 46.2 Å². The van der Waals surface area contributed by atoms with E-state index in [9.17, 15) is 19.2 Å². The largest absolute Gasteiger partial charge is 0.465 e. The third-order valence-electron chi connectivity index (χ3n) is 4.95. The molecule has 12 nitrogen and oxygen atoms in total. The molecule has 4 amide bonds. The number of nitrogens with zero attached hydrogens (tertiary/aromatic N) is 1. The van der Waals surface area contributed by atoms with E-state index < -0.39 is 18.5 Å². The Morgan fingerprint density at radius 1 is 0.972 bits per heavy atom. The summed E-state index contributed by atoms with van der Waals surface area (Å²) in [6.07, 6.45) is 1.21. The fourth-order valence-electron chi connectivity index (χ4n) is 3.29. The number of carboxylic acid groups (broad SMARTS) is 2. The van der Waals surface area contributed by atoms with Crippen molar-refractivity contribution in [1.82, 2.24) is 20.9 Å². The molecule has 0 atom stereocenters. The smallest absolute Gasteiger partial charge is 0.407 e. The van der Waals surface area contributed by atoms with E-state index in [1.54, 1.807) is 24.3 Å². The minimum absolute atomic E-state index is 0.210. The van der Waals surface area contributed by atoms with Gasteiger partial charge in [0.1, 0.15) is 4.88 Å².